The number of unbranched alkanes of at least 4 members (excludes halogenated alkanes) is 1. The third-order valence-electron chi connectivity index (χ3n) is 7.73. The monoisotopic (exact) mass is 598 g/mol. The fourth-order valence-electron chi connectivity index (χ4n) is 4.01. The molecule has 3 N–H and O–H groups in total. The Balaban J connectivity index is 2.33. The Morgan fingerprint density at radius 1 is 0.976 bits per heavy atom. The van der Waals surface area contributed by atoms with Gasteiger partial charge in [-0.2, -0.15) is 8.78 Å². The largest absolute Gasteiger partial charge is 0.506 e. The van der Waals surface area contributed by atoms with Crippen LogP contribution in [0.4, 0.5) is 24.5 Å². The highest BCUT2D eigenvalue weighted by molar-refractivity contribution is 6.22. The van der Waals surface area contributed by atoms with E-state index in [1.165, 1.54) is 11.6 Å². The van der Waals surface area contributed by atoms with Crippen LogP contribution in [0.25, 0.3) is 0 Å². The summed E-state index contributed by atoms with van der Waals surface area (Å²) >= 11 is 4.75. The van der Waals surface area contributed by atoms with Gasteiger partial charge in [0.25, 0.3) is 11.8 Å². The van der Waals surface area contributed by atoms with Gasteiger partial charge in [-0.1, -0.05) is 78.6 Å². The van der Waals surface area contributed by atoms with Crippen LogP contribution < -0.4 is 15.4 Å². The molecular formula is C31H42ClF3N2O4. The van der Waals surface area contributed by atoms with Gasteiger partial charge in [-0.15, -0.1) is 0 Å². The SMILES string of the molecule is CCCCC(Oc1ccc(C(C)(C)CC)cc1C(C)(C)CC)C(=O)Nc1ccc(NC(=O)C(F)(F)C(F)Cl)c(O)c1. The van der Waals surface area contributed by atoms with Crippen molar-refractivity contribution in [2.24, 2.45) is 0 Å². The van der Waals surface area contributed by atoms with Gasteiger partial charge in [0.2, 0.25) is 5.63 Å². The van der Waals surface area contributed by atoms with E-state index >= 15 is 0 Å². The predicted octanol–water partition coefficient (Wildman–Crippen LogP) is 8.45. The molecule has 2 amide bonds. The van der Waals surface area contributed by atoms with Crippen LogP contribution in [0.1, 0.15) is 91.7 Å². The Kier molecular flexibility index (Phi) is 11.5. The molecule has 228 valence electrons. The minimum absolute atomic E-state index is 0.0306. The van der Waals surface area contributed by atoms with Gasteiger partial charge in [0.05, 0.1) is 5.69 Å². The molecule has 0 bridgehead atoms. The summed E-state index contributed by atoms with van der Waals surface area (Å²) in [6.45, 7) is 14.9. The molecule has 0 fully saturated rings. The third kappa shape index (κ3) is 8.53. The first-order valence-electron chi connectivity index (χ1n) is 13.9. The quantitative estimate of drug-likeness (QED) is 0.150. The van der Waals surface area contributed by atoms with Crippen molar-refractivity contribution in [2.75, 3.05) is 10.6 Å². The van der Waals surface area contributed by atoms with Crippen molar-refractivity contribution < 1.29 is 32.6 Å². The number of nitrogens with one attached hydrogen (secondary N) is 2. The fourth-order valence-corrected chi connectivity index (χ4v) is 4.11. The first-order valence-corrected chi connectivity index (χ1v) is 14.4. The molecule has 0 saturated heterocycles. The molecule has 0 spiro atoms. The highest BCUT2D eigenvalue weighted by atomic mass is 35.5. The number of hydrogen-bond acceptors (Lipinski definition) is 4. The summed E-state index contributed by atoms with van der Waals surface area (Å²) < 4.78 is 46.3. The number of amides is 2. The fraction of sp³-hybridized carbons (Fsp3) is 0.548. The van der Waals surface area contributed by atoms with Gasteiger partial charge in [0, 0.05) is 17.3 Å². The number of phenols is 1. The molecule has 0 saturated carbocycles. The second-order valence-electron chi connectivity index (χ2n) is 11.5. The van der Waals surface area contributed by atoms with Crippen LogP contribution in [0.15, 0.2) is 36.4 Å². The molecule has 6 nitrogen and oxygen atoms in total. The second kappa shape index (κ2) is 13.8. The summed E-state index contributed by atoms with van der Waals surface area (Å²) in [6, 6.07) is 9.63. The predicted molar refractivity (Wildman–Crippen MR) is 158 cm³/mol. The lowest BCUT2D eigenvalue weighted by Gasteiger charge is -2.31. The van der Waals surface area contributed by atoms with E-state index in [0.717, 1.165) is 43.4 Å². The van der Waals surface area contributed by atoms with E-state index in [1.54, 1.807) is 5.32 Å². The number of benzene rings is 2. The summed E-state index contributed by atoms with van der Waals surface area (Å²) in [4.78, 5) is 25.0. The van der Waals surface area contributed by atoms with Gasteiger partial charge in [0.1, 0.15) is 11.5 Å². The molecule has 0 aliphatic rings. The molecule has 0 aromatic heterocycles. The Morgan fingerprint density at radius 3 is 2.15 bits per heavy atom. The number of carbonyl (C=O) groups excluding carboxylic acids is 2. The highest BCUT2D eigenvalue weighted by Crippen LogP contribution is 2.39. The summed E-state index contributed by atoms with van der Waals surface area (Å²) in [6.07, 6.45) is 2.97. The van der Waals surface area contributed by atoms with Crippen LogP contribution >= 0.6 is 11.6 Å². The smallest absolute Gasteiger partial charge is 0.368 e. The Hall–Kier alpha value is -2.94. The minimum atomic E-state index is -4.50. The van der Waals surface area contributed by atoms with E-state index in [1.807, 2.05) is 19.1 Å². The summed E-state index contributed by atoms with van der Waals surface area (Å²) in [5.74, 6) is -6.96. The maximum Gasteiger partial charge on any atom is 0.368 e. The lowest BCUT2D eigenvalue weighted by atomic mass is 9.76. The summed E-state index contributed by atoms with van der Waals surface area (Å²) in [7, 11) is 0. The van der Waals surface area contributed by atoms with E-state index in [4.69, 9.17) is 16.3 Å². The lowest BCUT2D eigenvalue weighted by Crippen LogP contribution is -2.40. The van der Waals surface area contributed by atoms with Crippen LogP contribution in [0.2, 0.25) is 0 Å². The molecule has 0 aliphatic carbocycles. The Bertz CT molecular complexity index is 1220. The van der Waals surface area contributed by atoms with Crippen molar-refractivity contribution in [3.05, 3.63) is 47.5 Å². The molecule has 0 radical (unpaired) electrons. The van der Waals surface area contributed by atoms with Crippen molar-refractivity contribution in [3.63, 3.8) is 0 Å². The highest BCUT2D eigenvalue weighted by Gasteiger charge is 2.47. The molecular weight excluding hydrogens is 557 g/mol. The van der Waals surface area contributed by atoms with Crippen molar-refractivity contribution in [3.8, 4) is 11.5 Å². The zero-order valence-corrected chi connectivity index (χ0v) is 25.6. The van der Waals surface area contributed by atoms with Gasteiger partial charge >= 0.3 is 5.92 Å². The van der Waals surface area contributed by atoms with Crippen LogP contribution in [0.5, 0.6) is 11.5 Å². The zero-order valence-electron chi connectivity index (χ0n) is 24.8. The summed E-state index contributed by atoms with van der Waals surface area (Å²) in [5, 5.41) is 14.7. The van der Waals surface area contributed by atoms with Crippen LogP contribution in [0.3, 0.4) is 0 Å². The average Bonchev–Trinajstić information content (AvgIpc) is 2.92. The van der Waals surface area contributed by atoms with Gasteiger partial charge in [0.15, 0.2) is 6.10 Å². The van der Waals surface area contributed by atoms with Gasteiger partial charge in [-0.3, -0.25) is 9.59 Å². The maximum absolute atomic E-state index is 13.5. The van der Waals surface area contributed by atoms with Gasteiger partial charge in [-0.25, -0.2) is 4.39 Å². The van der Waals surface area contributed by atoms with E-state index in [9.17, 15) is 27.9 Å². The number of phenolic OH excluding ortho intramolecular Hbond substituents is 1. The van der Waals surface area contributed by atoms with Crippen molar-refractivity contribution in [1.29, 1.82) is 0 Å². The molecule has 2 unspecified atom stereocenters. The van der Waals surface area contributed by atoms with E-state index < -0.39 is 40.9 Å². The number of hydrogen-bond donors (Lipinski definition) is 3. The standard InChI is InChI=1S/C31H42ClF3N2O4/c1-8-11-12-25(41-24-16-13-19(29(4,5)9-2)17-21(24)30(6,7)10-3)26(39)36-20-14-15-22(23(38)18-20)37-28(40)31(34,35)27(32)33/h13-18,25,27,38H,8-12H2,1-7H3,(H,36,39)(H,37,40). The van der Waals surface area contributed by atoms with Crippen LogP contribution in [-0.2, 0) is 20.4 Å². The molecule has 41 heavy (non-hydrogen) atoms. The minimum Gasteiger partial charge on any atom is -0.506 e. The summed E-state index contributed by atoms with van der Waals surface area (Å²) in [5.41, 5.74) is -1.53. The topological polar surface area (TPSA) is 87.7 Å². The Labute approximate surface area is 246 Å². The number of carbonyl (C=O) groups is 2. The third-order valence-corrected chi connectivity index (χ3v) is 8.00. The first kappa shape index (κ1) is 34.3. The number of ether oxygens (including phenoxy) is 1. The second-order valence-corrected chi connectivity index (χ2v) is 11.9. The number of aromatic hydroxyl groups is 1. The van der Waals surface area contributed by atoms with E-state index in [-0.39, 0.29) is 16.5 Å². The van der Waals surface area contributed by atoms with Crippen LogP contribution in [0, 0.1) is 0 Å². The lowest BCUT2D eigenvalue weighted by molar-refractivity contribution is -0.144. The molecule has 2 aromatic rings. The Morgan fingerprint density at radius 2 is 1.61 bits per heavy atom. The molecule has 2 rings (SSSR count). The number of halogens is 4. The number of anilines is 2. The first-order chi connectivity index (χ1) is 19.0. The van der Waals surface area contributed by atoms with Crippen LogP contribution in [-0.4, -0.2) is 34.6 Å². The molecule has 10 heteroatoms. The normalized spacial score (nSPS) is 13.8. The van der Waals surface area contributed by atoms with Crippen molar-refractivity contribution in [2.45, 2.75) is 109 Å². The average molecular weight is 599 g/mol. The maximum atomic E-state index is 13.5. The van der Waals surface area contributed by atoms with Crippen molar-refractivity contribution >= 4 is 34.8 Å². The molecule has 0 heterocycles. The van der Waals surface area contributed by atoms with Gasteiger partial charge < -0.3 is 20.5 Å². The number of alkyl halides is 4. The van der Waals surface area contributed by atoms with Crippen molar-refractivity contribution in [1.82, 2.24) is 0 Å². The number of rotatable bonds is 14. The van der Waals surface area contributed by atoms with E-state index in [2.05, 4.69) is 52.9 Å². The van der Waals surface area contributed by atoms with E-state index in [0.29, 0.717) is 12.2 Å². The molecule has 0 aliphatic heterocycles. The molecule has 2 atom stereocenters. The molecule has 2 aromatic carbocycles. The zero-order chi connectivity index (χ0) is 31.2. The van der Waals surface area contributed by atoms with Gasteiger partial charge in [-0.05, 0) is 60.3 Å².